The highest BCUT2D eigenvalue weighted by Crippen LogP contribution is 2.18. The number of para-hydroxylation sites is 1. The standard InChI is InChI=1S/C22H28N2O3/c1-18(25)21-9-5-6-10-22(21)27-17-20(26)16-24-13-11-23(12-14-24)15-19-7-3-2-4-8-19/h2-10,20,26H,11-17H2,1H3/p+2/t20-/m0/s1. The summed E-state index contributed by atoms with van der Waals surface area (Å²) in [6, 6.07) is 17.8. The van der Waals surface area contributed by atoms with Crippen molar-refractivity contribution in [2.24, 2.45) is 0 Å². The number of piperazine rings is 1. The number of Topliss-reactive ketones (excluding diaryl/α,β-unsaturated/α-hetero) is 1. The number of carbonyl (C=O) groups excluding carboxylic acids is 1. The monoisotopic (exact) mass is 370 g/mol. The first-order chi connectivity index (χ1) is 13.1. The van der Waals surface area contributed by atoms with Crippen LogP contribution >= 0.6 is 0 Å². The van der Waals surface area contributed by atoms with Gasteiger partial charge in [0.1, 0.15) is 57.7 Å². The molecule has 0 aromatic heterocycles. The first-order valence-electron chi connectivity index (χ1n) is 9.73. The van der Waals surface area contributed by atoms with Crippen molar-refractivity contribution in [2.75, 3.05) is 39.3 Å². The number of nitrogens with one attached hydrogen (secondary N) is 2. The first kappa shape index (κ1) is 19.5. The van der Waals surface area contributed by atoms with Crippen LogP contribution in [0.4, 0.5) is 0 Å². The Morgan fingerprint density at radius 1 is 1.00 bits per heavy atom. The molecule has 1 saturated heterocycles. The lowest BCUT2D eigenvalue weighted by Crippen LogP contribution is -3.28. The van der Waals surface area contributed by atoms with E-state index in [0.717, 1.165) is 32.7 Å². The fourth-order valence-electron chi connectivity index (χ4n) is 3.68. The zero-order chi connectivity index (χ0) is 19.1. The molecule has 0 radical (unpaired) electrons. The van der Waals surface area contributed by atoms with Gasteiger partial charge in [0.05, 0.1) is 5.56 Å². The van der Waals surface area contributed by atoms with E-state index in [1.165, 1.54) is 17.4 Å². The zero-order valence-electron chi connectivity index (χ0n) is 16.0. The zero-order valence-corrected chi connectivity index (χ0v) is 16.0. The fourth-order valence-corrected chi connectivity index (χ4v) is 3.68. The quantitative estimate of drug-likeness (QED) is 0.555. The van der Waals surface area contributed by atoms with Crippen molar-refractivity contribution in [3.8, 4) is 5.75 Å². The minimum Gasteiger partial charge on any atom is -0.490 e. The Bertz CT molecular complexity index is 727. The van der Waals surface area contributed by atoms with E-state index in [9.17, 15) is 9.90 Å². The normalized spacial score (nSPS) is 20.8. The number of hydrogen-bond acceptors (Lipinski definition) is 3. The maximum absolute atomic E-state index is 11.6. The summed E-state index contributed by atoms with van der Waals surface area (Å²) in [5, 5.41) is 10.4. The van der Waals surface area contributed by atoms with E-state index in [1.807, 2.05) is 12.1 Å². The highest BCUT2D eigenvalue weighted by Gasteiger charge is 2.25. The lowest BCUT2D eigenvalue weighted by Gasteiger charge is -2.30. The van der Waals surface area contributed by atoms with Gasteiger partial charge in [0.15, 0.2) is 5.78 Å². The maximum atomic E-state index is 11.6. The molecule has 3 N–H and O–H groups in total. The summed E-state index contributed by atoms with van der Waals surface area (Å²) < 4.78 is 5.71. The van der Waals surface area contributed by atoms with Crippen molar-refractivity contribution in [2.45, 2.75) is 19.6 Å². The number of aliphatic hydroxyl groups is 1. The summed E-state index contributed by atoms with van der Waals surface area (Å²) in [7, 11) is 0. The predicted molar refractivity (Wildman–Crippen MR) is 104 cm³/mol. The fraction of sp³-hybridized carbons (Fsp3) is 0.409. The molecule has 0 amide bonds. The van der Waals surface area contributed by atoms with Crippen LogP contribution in [0, 0.1) is 0 Å². The molecule has 1 heterocycles. The van der Waals surface area contributed by atoms with Crippen molar-refractivity contribution in [1.29, 1.82) is 0 Å². The van der Waals surface area contributed by atoms with E-state index >= 15 is 0 Å². The molecule has 0 bridgehead atoms. The smallest absolute Gasteiger partial charge is 0.163 e. The Morgan fingerprint density at radius 2 is 1.63 bits per heavy atom. The molecule has 1 atom stereocenters. The van der Waals surface area contributed by atoms with Gasteiger partial charge >= 0.3 is 0 Å². The van der Waals surface area contributed by atoms with Gasteiger partial charge in [0.2, 0.25) is 0 Å². The largest absolute Gasteiger partial charge is 0.490 e. The number of benzene rings is 2. The SMILES string of the molecule is CC(=O)c1ccccc1OC[C@@H](O)C[NH+]1CC[NH+](Cc2ccccc2)CC1. The van der Waals surface area contributed by atoms with Gasteiger partial charge in [-0.2, -0.15) is 0 Å². The van der Waals surface area contributed by atoms with Gasteiger partial charge in [-0.15, -0.1) is 0 Å². The molecule has 27 heavy (non-hydrogen) atoms. The molecule has 0 aliphatic carbocycles. The number of quaternary nitrogens is 2. The van der Waals surface area contributed by atoms with Gasteiger partial charge in [0, 0.05) is 5.56 Å². The van der Waals surface area contributed by atoms with E-state index in [2.05, 4.69) is 30.3 Å². The second-order valence-electron chi connectivity index (χ2n) is 7.38. The molecule has 144 valence electrons. The minimum absolute atomic E-state index is 0.0248. The van der Waals surface area contributed by atoms with Crippen molar-refractivity contribution >= 4 is 5.78 Å². The van der Waals surface area contributed by atoms with Gasteiger partial charge in [-0.25, -0.2) is 0 Å². The van der Waals surface area contributed by atoms with E-state index in [1.54, 1.807) is 17.0 Å². The molecule has 0 spiro atoms. The Kier molecular flexibility index (Phi) is 6.98. The Balaban J connectivity index is 1.41. The summed E-state index contributed by atoms with van der Waals surface area (Å²) in [5.74, 6) is 0.527. The molecule has 5 nitrogen and oxygen atoms in total. The third kappa shape index (κ3) is 5.89. The van der Waals surface area contributed by atoms with Crippen LogP contribution in [0.15, 0.2) is 54.6 Å². The maximum Gasteiger partial charge on any atom is 0.163 e. The molecule has 2 aromatic carbocycles. The second-order valence-corrected chi connectivity index (χ2v) is 7.38. The summed E-state index contributed by atoms with van der Waals surface area (Å²) in [4.78, 5) is 14.7. The summed E-state index contributed by atoms with van der Waals surface area (Å²) in [6.07, 6.45) is -0.532. The first-order valence-corrected chi connectivity index (χ1v) is 9.73. The van der Waals surface area contributed by atoms with Crippen molar-refractivity contribution < 1.29 is 24.4 Å². The number of rotatable bonds is 8. The highest BCUT2D eigenvalue weighted by molar-refractivity contribution is 5.96. The Labute approximate surface area is 161 Å². The summed E-state index contributed by atoms with van der Waals surface area (Å²) >= 11 is 0. The summed E-state index contributed by atoms with van der Waals surface area (Å²) in [6.45, 7) is 7.85. The molecule has 0 saturated carbocycles. The Morgan fingerprint density at radius 3 is 2.33 bits per heavy atom. The van der Waals surface area contributed by atoms with Crippen molar-refractivity contribution in [1.82, 2.24) is 0 Å². The van der Waals surface area contributed by atoms with Crippen LogP contribution in [-0.4, -0.2) is 56.3 Å². The Hall–Kier alpha value is -2.21. The van der Waals surface area contributed by atoms with Gasteiger partial charge in [-0.1, -0.05) is 42.5 Å². The lowest BCUT2D eigenvalue weighted by molar-refractivity contribution is -1.02. The highest BCUT2D eigenvalue weighted by atomic mass is 16.5. The molecule has 0 unspecified atom stereocenters. The van der Waals surface area contributed by atoms with E-state index in [4.69, 9.17) is 4.74 Å². The number of carbonyl (C=O) groups is 1. The lowest BCUT2D eigenvalue weighted by atomic mass is 10.1. The van der Waals surface area contributed by atoms with E-state index in [0.29, 0.717) is 17.9 Å². The second kappa shape index (κ2) is 9.65. The van der Waals surface area contributed by atoms with Gasteiger partial charge in [-0.05, 0) is 19.1 Å². The molecule has 1 fully saturated rings. The van der Waals surface area contributed by atoms with Crippen LogP contribution in [0.1, 0.15) is 22.8 Å². The number of ketones is 1. The van der Waals surface area contributed by atoms with Crippen LogP contribution in [-0.2, 0) is 6.54 Å². The number of ether oxygens (including phenoxy) is 1. The molecular weight excluding hydrogens is 340 g/mol. The van der Waals surface area contributed by atoms with Gasteiger partial charge in [-0.3, -0.25) is 4.79 Å². The van der Waals surface area contributed by atoms with Crippen LogP contribution in [0.5, 0.6) is 5.75 Å². The third-order valence-corrected chi connectivity index (χ3v) is 5.18. The van der Waals surface area contributed by atoms with E-state index in [-0.39, 0.29) is 12.4 Å². The van der Waals surface area contributed by atoms with Crippen molar-refractivity contribution in [3.63, 3.8) is 0 Å². The van der Waals surface area contributed by atoms with Gasteiger partial charge in [0.25, 0.3) is 0 Å². The molecule has 3 rings (SSSR count). The van der Waals surface area contributed by atoms with Crippen molar-refractivity contribution in [3.05, 3.63) is 65.7 Å². The average Bonchev–Trinajstić information content (AvgIpc) is 2.69. The topological polar surface area (TPSA) is 55.4 Å². The number of aliphatic hydroxyl groups excluding tert-OH is 1. The predicted octanol–water partition coefficient (Wildman–Crippen LogP) is -0.387. The van der Waals surface area contributed by atoms with Crippen LogP contribution in [0.2, 0.25) is 0 Å². The average molecular weight is 370 g/mol. The molecule has 1 aliphatic rings. The molecule has 1 aliphatic heterocycles. The van der Waals surface area contributed by atoms with Crippen LogP contribution in [0.25, 0.3) is 0 Å². The molecular formula is C22H30N2O3+2. The van der Waals surface area contributed by atoms with E-state index < -0.39 is 6.10 Å². The molecule has 5 heteroatoms. The number of hydrogen-bond donors (Lipinski definition) is 3. The van der Waals surface area contributed by atoms with Crippen LogP contribution < -0.4 is 14.5 Å². The minimum atomic E-state index is -0.532. The van der Waals surface area contributed by atoms with Crippen LogP contribution in [0.3, 0.4) is 0 Å². The third-order valence-electron chi connectivity index (χ3n) is 5.18. The molecule has 2 aromatic rings. The summed E-state index contributed by atoms with van der Waals surface area (Å²) in [5.41, 5.74) is 1.95. The van der Waals surface area contributed by atoms with Gasteiger partial charge < -0.3 is 19.6 Å².